The van der Waals surface area contributed by atoms with E-state index in [2.05, 4.69) is 52.0 Å². The number of nitrogen functional groups attached to an aromatic ring is 1. The molecule has 0 atom stereocenters. The molecular formula is C16H19BrN2. The third kappa shape index (κ3) is 3.82. The number of benzene rings is 2. The number of halogens is 1. The molecule has 2 N–H and O–H groups in total. The van der Waals surface area contributed by atoms with E-state index in [1.807, 2.05) is 24.3 Å². The topological polar surface area (TPSA) is 29.3 Å². The minimum atomic E-state index is 0.848. The van der Waals surface area contributed by atoms with Gasteiger partial charge in [-0.1, -0.05) is 59.3 Å². The van der Waals surface area contributed by atoms with Crippen LogP contribution in [0.25, 0.3) is 0 Å². The first-order valence-electron chi connectivity index (χ1n) is 6.50. The molecule has 0 amide bonds. The Balaban J connectivity index is 2.11. The van der Waals surface area contributed by atoms with Gasteiger partial charge >= 0.3 is 0 Å². The highest BCUT2D eigenvalue weighted by Gasteiger charge is 2.10. The maximum absolute atomic E-state index is 6.06. The van der Waals surface area contributed by atoms with E-state index in [9.17, 15) is 0 Å². The summed E-state index contributed by atoms with van der Waals surface area (Å²) in [6.07, 6.45) is 0. The molecule has 0 bridgehead atoms. The molecule has 0 spiro atoms. The number of nitrogens with two attached hydrogens (primary N) is 1. The Bertz CT molecular complexity index is 505. The Morgan fingerprint density at radius 2 is 1.74 bits per heavy atom. The van der Waals surface area contributed by atoms with Crippen molar-refractivity contribution in [2.24, 2.45) is 0 Å². The molecule has 0 fully saturated rings. The standard InChI is InChI=1S/C16H19BrN2/c1-2-19(11-13-7-4-3-5-8-13)12-14-15(17)9-6-10-16(14)18/h3-10H,2,11-12,18H2,1H3. The van der Waals surface area contributed by atoms with Gasteiger partial charge < -0.3 is 5.73 Å². The lowest BCUT2D eigenvalue weighted by Crippen LogP contribution is -2.23. The fourth-order valence-corrected chi connectivity index (χ4v) is 2.59. The van der Waals surface area contributed by atoms with E-state index in [-0.39, 0.29) is 0 Å². The maximum atomic E-state index is 6.06. The van der Waals surface area contributed by atoms with Crippen molar-refractivity contribution in [3.05, 3.63) is 64.1 Å². The fraction of sp³-hybridized carbons (Fsp3) is 0.250. The van der Waals surface area contributed by atoms with Crippen molar-refractivity contribution < 1.29 is 0 Å². The molecule has 2 aromatic rings. The normalized spacial score (nSPS) is 10.9. The average Bonchev–Trinajstić information content (AvgIpc) is 2.43. The highest BCUT2D eigenvalue weighted by atomic mass is 79.9. The first kappa shape index (κ1) is 14.1. The molecular weight excluding hydrogens is 300 g/mol. The number of rotatable bonds is 5. The van der Waals surface area contributed by atoms with Crippen molar-refractivity contribution in [1.29, 1.82) is 0 Å². The second-order valence-electron chi connectivity index (χ2n) is 4.60. The first-order chi connectivity index (χ1) is 9.20. The van der Waals surface area contributed by atoms with Crippen LogP contribution in [0.5, 0.6) is 0 Å². The van der Waals surface area contributed by atoms with E-state index >= 15 is 0 Å². The fourth-order valence-electron chi connectivity index (χ4n) is 2.09. The zero-order chi connectivity index (χ0) is 13.7. The van der Waals surface area contributed by atoms with Crippen LogP contribution < -0.4 is 5.73 Å². The van der Waals surface area contributed by atoms with Crippen LogP contribution in [-0.2, 0) is 13.1 Å². The largest absolute Gasteiger partial charge is 0.398 e. The Hall–Kier alpha value is -1.32. The van der Waals surface area contributed by atoms with Crippen LogP contribution in [0.4, 0.5) is 5.69 Å². The second kappa shape index (κ2) is 6.73. The lowest BCUT2D eigenvalue weighted by molar-refractivity contribution is 0.271. The molecule has 0 radical (unpaired) electrons. The second-order valence-corrected chi connectivity index (χ2v) is 5.45. The summed E-state index contributed by atoms with van der Waals surface area (Å²) in [6, 6.07) is 16.5. The van der Waals surface area contributed by atoms with Crippen LogP contribution in [-0.4, -0.2) is 11.4 Å². The molecule has 2 rings (SSSR count). The summed E-state index contributed by atoms with van der Waals surface area (Å²) in [7, 11) is 0. The summed E-state index contributed by atoms with van der Waals surface area (Å²) < 4.78 is 1.08. The zero-order valence-corrected chi connectivity index (χ0v) is 12.7. The summed E-state index contributed by atoms with van der Waals surface area (Å²) in [6.45, 7) is 4.97. The van der Waals surface area contributed by atoms with Crippen molar-refractivity contribution in [2.45, 2.75) is 20.0 Å². The van der Waals surface area contributed by atoms with Crippen LogP contribution in [0.2, 0.25) is 0 Å². The van der Waals surface area contributed by atoms with E-state index in [1.165, 1.54) is 11.1 Å². The average molecular weight is 319 g/mol. The molecule has 0 saturated heterocycles. The quantitative estimate of drug-likeness (QED) is 0.842. The van der Waals surface area contributed by atoms with E-state index in [0.717, 1.165) is 29.8 Å². The van der Waals surface area contributed by atoms with E-state index < -0.39 is 0 Å². The summed E-state index contributed by atoms with van der Waals surface area (Å²) in [5, 5.41) is 0. The van der Waals surface area contributed by atoms with Gasteiger partial charge in [0.2, 0.25) is 0 Å². The molecule has 2 nitrogen and oxygen atoms in total. The third-order valence-electron chi connectivity index (χ3n) is 3.23. The predicted molar refractivity (Wildman–Crippen MR) is 84.8 cm³/mol. The highest BCUT2D eigenvalue weighted by molar-refractivity contribution is 9.10. The highest BCUT2D eigenvalue weighted by Crippen LogP contribution is 2.24. The maximum Gasteiger partial charge on any atom is 0.0371 e. The molecule has 100 valence electrons. The molecule has 0 aromatic heterocycles. The third-order valence-corrected chi connectivity index (χ3v) is 3.98. The smallest absolute Gasteiger partial charge is 0.0371 e. The summed E-state index contributed by atoms with van der Waals surface area (Å²) in [5.41, 5.74) is 9.40. The van der Waals surface area contributed by atoms with Crippen LogP contribution in [0.3, 0.4) is 0 Å². The SMILES string of the molecule is CCN(Cc1ccccc1)Cc1c(N)cccc1Br. The van der Waals surface area contributed by atoms with Crippen molar-refractivity contribution in [1.82, 2.24) is 4.90 Å². The van der Waals surface area contributed by atoms with Gasteiger partial charge in [-0.2, -0.15) is 0 Å². The summed E-state index contributed by atoms with van der Waals surface area (Å²) in [4.78, 5) is 2.38. The van der Waals surface area contributed by atoms with Gasteiger partial charge in [-0.25, -0.2) is 0 Å². The van der Waals surface area contributed by atoms with E-state index in [0.29, 0.717) is 0 Å². The number of nitrogens with zero attached hydrogens (tertiary/aromatic N) is 1. The summed E-state index contributed by atoms with van der Waals surface area (Å²) >= 11 is 3.58. The monoisotopic (exact) mass is 318 g/mol. The lowest BCUT2D eigenvalue weighted by Gasteiger charge is -2.22. The first-order valence-corrected chi connectivity index (χ1v) is 7.29. The number of anilines is 1. The Morgan fingerprint density at radius 3 is 2.37 bits per heavy atom. The zero-order valence-electron chi connectivity index (χ0n) is 11.1. The lowest BCUT2D eigenvalue weighted by atomic mass is 10.1. The Labute approximate surface area is 123 Å². The minimum Gasteiger partial charge on any atom is -0.398 e. The van der Waals surface area contributed by atoms with Crippen molar-refractivity contribution in [3.63, 3.8) is 0 Å². The van der Waals surface area contributed by atoms with E-state index in [4.69, 9.17) is 5.73 Å². The predicted octanol–water partition coefficient (Wildman–Crippen LogP) is 4.05. The van der Waals surface area contributed by atoms with Gasteiger partial charge in [-0.05, 0) is 24.2 Å². The number of hydrogen-bond acceptors (Lipinski definition) is 2. The molecule has 19 heavy (non-hydrogen) atoms. The van der Waals surface area contributed by atoms with Gasteiger partial charge in [0.25, 0.3) is 0 Å². The molecule has 0 aliphatic rings. The van der Waals surface area contributed by atoms with Gasteiger partial charge in [0, 0.05) is 28.8 Å². The molecule has 2 aromatic carbocycles. The summed E-state index contributed by atoms with van der Waals surface area (Å²) in [5.74, 6) is 0. The molecule has 0 heterocycles. The number of hydrogen-bond donors (Lipinski definition) is 1. The van der Waals surface area contributed by atoms with Gasteiger partial charge in [0.05, 0.1) is 0 Å². The minimum absolute atomic E-state index is 0.848. The van der Waals surface area contributed by atoms with Crippen LogP contribution in [0, 0.1) is 0 Å². The van der Waals surface area contributed by atoms with Gasteiger partial charge in [0.1, 0.15) is 0 Å². The van der Waals surface area contributed by atoms with E-state index in [1.54, 1.807) is 0 Å². The molecule has 0 aliphatic heterocycles. The molecule has 0 saturated carbocycles. The van der Waals surface area contributed by atoms with Crippen molar-refractivity contribution in [2.75, 3.05) is 12.3 Å². The molecule has 3 heteroatoms. The van der Waals surface area contributed by atoms with Crippen LogP contribution in [0.15, 0.2) is 53.0 Å². The molecule has 0 unspecified atom stereocenters. The Morgan fingerprint density at radius 1 is 1.00 bits per heavy atom. The van der Waals surface area contributed by atoms with Gasteiger partial charge in [-0.15, -0.1) is 0 Å². The van der Waals surface area contributed by atoms with Gasteiger partial charge in [0.15, 0.2) is 0 Å². The van der Waals surface area contributed by atoms with Crippen LogP contribution >= 0.6 is 15.9 Å². The van der Waals surface area contributed by atoms with Crippen LogP contribution in [0.1, 0.15) is 18.1 Å². The van der Waals surface area contributed by atoms with Gasteiger partial charge in [-0.3, -0.25) is 4.90 Å². The van der Waals surface area contributed by atoms with Crippen molar-refractivity contribution in [3.8, 4) is 0 Å². The molecule has 0 aliphatic carbocycles. The van der Waals surface area contributed by atoms with Crippen molar-refractivity contribution >= 4 is 21.6 Å². The Kier molecular flexibility index (Phi) is 5.00.